The molecule has 26 heavy (non-hydrogen) atoms. The summed E-state index contributed by atoms with van der Waals surface area (Å²) in [4.78, 5) is 35.9. The molecule has 7 nitrogen and oxygen atoms in total. The second-order valence-electron chi connectivity index (χ2n) is 5.44. The maximum atomic E-state index is 12.1. The first-order valence-electron chi connectivity index (χ1n) is 7.85. The molecule has 1 heterocycles. The number of rotatable bonds is 8. The summed E-state index contributed by atoms with van der Waals surface area (Å²) < 4.78 is 0.924. The van der Waals surface area contributed by atoms with Gasteiger partial charge in [-0.1, -0.05) is 22.0 Å². The van der Waals surface area contributed by atoms with Gasteiger partial charge < -0.3 is 21.7 Å². The van der Waals surface area contributed by atoms with Crippen LogP contribution in [0.25, 0.3) is 0 Å². The number of halogens is 1. The van der Waals surface area contributed by atoms with Crippen molar-refractivity contribution >= 4 is 50.8 Å². The van der Waals surface area contributed by atoms with E-state index in [1.54, 1.807) is 12.1 Å². The summed E-state index contributed by atoms with van der Waals surface area (Å²) in [6, 6.07) is 9.70. The highest BCUT2D eigenvalue weighted by Crippen LogP contribution is 2.21. The number of thiophene rings is 1. The molecule has 1 aromatic carbocycles. The molecule has 2 rings (SSSR count). The van der Waals surface area contributed by atoms with Crippen molar-refractivity contribution in [2.24, 2.45) is 5.73 Å². The van der Waals surface area contributed by atoms with Crippen LogP contribution in [0, 0.1) is 0 Å². The number of benzene rings is 1. The number of carbonyl (C=O) groups is 3. The Labute approximate surface area is 163 Å². The second kappa shape index (κ2) is 9.93. The lowest BCUT2D eigenvalue weighted by Crippen LogP contribution is -2.36. The number of hydrogen-bond donors (Lipinski definition) is 4. The van der Waals surface area contributed by atoms with Crippen molar-refractivity contribution in [2.75, 3.05) is 11.9 Å². The van der Waals surface area contributed by atoms with E-state index < -0.39 is 12.1 Å². The fraction of sp³-hybridized carbons (Fsp3) is 0.235. The van der Waals surface area contributed by atoms with E-state index in [2.05, 4.69) is 31.9 Å². The quantitative estimate of drug-likeness (QED) is 0.507. The van der Waals surface area contributed by atoms with E-state index in [9.17, 15) is 14.4 Å². The summed E-state index contributed by atoms with van der Waals surface area (Å²) >= 11 is 4.75. The van der Waals surface area contributed by atoms with Gasteiger partial charge >= 0.3 is 6.03 Å². The van der Waals surface area contributed by atoms with Crippen molar-refractivity contribution in [3.8, 4) is 0 Å². The predicted octanol–water partition coefficient (Wildman–Crippen LogP) is 2.76. The molecule has 5 N–H and O–H groups in total. The lowest BCUT2D eigenvalue weighted by atomic mass is 10.1. The summed E-state index contributed by atoms with van der Waals surface area (Å²) in [6.07, 6.45) is 0.201. The fourth-order valence-corrected chi connectivity index (χ4v) is 3.26. The summed E-state index contributed by atoms with van der Waals surface area (Å²) in [6.45, 7) is 0.203. The average Bonchev–Trinajstić information content (AvgIpc) is 3.10. The molecule has 0 saturated heterocycles. The van der Waals surface area contributed by atoms with Crippen LogP contribution in [0.3, 0.4) is 0 Å². The van der Waals surface area contributed by atoms with Crippen LogP contribution in [0.4, 0.5) is 10.5 Å². The van der Waals surface area contributed by atoms with Crippen LogP contribution in [0.1, 0.15) is 23.8 Å². The Kier molecular flexibility index (Phi) is 7.61. The Bertz CT molecular complexity index is 750. The third-order valence-electron chi connectivity index (χ3n) is 3.39. The molecule has 0 spiro atoms. The third-order valence-corrected chi connectivity index (χ3v) is 4.91. The van der Waals surface area contributed by atoms with Crippen molar-refractivity contribution in [1.82, 2.24) is 10.6 Å². The molecule has 0 aliphatic heterocycles. The van der Waals surface area contributed by atoms with Gasteiger partial charge in [0.15, 0.2) is 0 Å². The minimum absolute atomic E-state index is 0.0534. The van der Waals surface area contributed by atoms with E-state index in [0.717, 1.165) is 9.35 Å². The van der Waals surface area contributed by atoms with E-state index in [0.29, 0.717) is 5.69 Å². The van der Waals surface area contributed by atoms with Crippen LogP contribution in [0.5, 0.6) is 0 Å². The molecule has 1 unspecified atom stereocenters. The van der Waals surface area contributed by atoms with Crippen molar-refractivity contribution in [3.05, 3.63) is 51.1 Å². The Morgan fingerprint density at radius 2 is 1.85 bits per heavy atom. The zero-order valence-corrected chi connectivity index (χ0v) is 16.2. The summed E-state index contributed by atoms with van der Waals surface area (Å²) in [5.41, 5.74) is 5.85. The Balaban J connectivity index is 1.75. The lowest BCUT2D eigenvalue weighted by Gasteiger charge is -2.15. The average molecular weight is 439 g/mol. The molecule has 2 aromatic rings. The Hall–Kier alpha value is -2.39. The summed E-state index contributed by atoms with van der Waals surface area (Å²) in [5, 5.41) is 9.84. The Morgan fingerprint density at radius 3 is 2.46 bits per heavy atom. The minimum Gasteiger partial charge on any atom is -0.356 e. The van der Waals surface area contributed by atoms with Gasteiger partial charge in [-0.05, 0) is 35.7 Å². The molecular formula is C17H19BrN4O3S. The molecule has 0 radical (unpaired) electrons. The first-order chi connectivity index (χ1) is 12.4. The molecular weight excluding hydrogens is 420 g/mol. The summed E-state index contributed by atoms with van der Waals surface area (Å²) in [7, 11) is 0. The van der Waals surface area contributed by atoms with E-state index in [1.165, 1.54) is 11.3 Å². The number of amides is 4. The summed E-state index contributed by atoms with van der Waals surface area (Å²) in [5.74, 6) is -0.466. The predicted molar refractivity (Wildman–Crippen MR) is 105 cm³/mol. The standard InChI is InChI=1S/C17H19BrN4O3S/c18-11-3-5-12(6-4-11)21-15(23)7-8-20-16(24)10-13(22-17(19)25)14-2-1-9-26-14/h1-6,9,13H,7-8,10H2,(H,20,24)(H,21,23)(H3,19,22,25). The molecule has 1 atom stereocenters. The highest BCUT2D eigenvalue weighted by Gasteiger charge is 2.18. The number of primary amides is 1. The van der Waals surface area contributed by atoms with Crippen LogP contribution < -0.4 is 21.7 Å². The van der Waals surface area contributed by atoms with Crippen molar-refractivity contribution in [2.45, 2.75) is 18.9 Å². The topological polar surface area (TPSA) is 113 Å². The van der Waals surface area contributed by atoms with Gasteiger partial charge in [0.25, 0.3) is 0 Å². The second-order valence-corrected chi connectivity index (χ2v) is 7.33. The number of carbonyl (C=O) groups excluding carboxylic acids is 3. The molecule has 1 aromatic heterocycles. The van der Waals surface area contributed by atoms with Crippen molar-refractivity contribution in [1.29, 1.82) is 0 Å². The van der Waals surface area contributed by atoms with Crippen LogP contribution in [0.2, 0.25) is 0 Å². The van der Waals surface area contributed by atoms with Crippen LogP contribution in [0.15, 0.2) is 46.3 Å². The molecule has 0 aliphatic carbocycles. The molecule has 0 fully saturated rings. The smallest absolute Gasteiger partial charge is 0.312 e. The van der Waals surface area contributed by atoms with E-state index >= 15 is 0 Å². The monoisotopic (exact) mass is 438 g/mol. The first kappa shape index (κ1) is 19.9. The van der Waals surface area contributed by atoms with Crippen molar-refractivity contribution in [3.63, 3.8) is 0 Å². The number of anilines is 1. The number of urea groups is 1. The number of hydrogen-bond acceptors (Lipinski definition) is 4. The van der Waals surface area contributed by atoms with Gasteiger partial charge in [0, 0.05) is 28.0 Å². The minimum atomic E-state index is -0.690. The van der Waals surface area contributed by atoms with Gasteiger partial charge in [0.1, 0.15) is 0 Å². The zero-order chi connectivity index (χ0) is 18.9. The van der Waals surface area contributed by atoms with Gasteiger partial charge in [-0.15, -0.1) is 11.3 Å². The highest BCUT2D eigenvalue weighted by atomic mass is 79.9. The maximum absolute atomic E-state index is 12.1. The zero-order valence-electron chi connectivity index (χ0n) is 13.8. The molecule has 9 heteroatoms. The fourth-order valence-electron chi connectivity index (χ4n) is 2.21. The SMILES string of the molecule is NC(=O)NC(CC(=O)NCCC(=O)Nc1ccc(Br)cc1)c1cccs1. The van der Waals surface area contributed by atoms with E-state index in [-0.39, 0.29) is 31.2 Å². The van der Waals surface area contributed by atoms with Gasteiger partial charge in [0.2, 0.25) is 11.8 Å². The van der Waals surface area contributed by atoms with Crippen LogP contribution in [-0.4, -0.2) is 24.4 Å². The van der Waals surface area contributed by atoms with Gasteiger partial charge in [0.05, 0.1) is 12.5 Å². The van der Waals surface area contributed by atoms with Crippen molar-refractivity contribution < 1.29 is 14.4 Å². The third kappa shape index (κ3) is 6.85. The molecule has 138 valence electrons. The number of nitrogens with two attached hydrogens (primary N) is 1. The van der Waals surface area contributed by atoms with Gasteiger partial charge in [-0.2, -0.15) is 0 Å². The largest absolute Gasteiger partial charge is 0.356 e. The lowest BCUT2D eigenvalue weighted by molar-refractivity contribution is -0.121. The molecule has 0 saturated carbocycles. The normalized spacial score (nSPS) is 11.4. The van der Waals surface area contributed by atoms with Gasteiger partial charge in [-0.3, -0.25) is 9.59 Å². The molecule has 0 bridgehead atoms. The maximum Gasteiger partial charge on any atom is 0.312 e. The molecule has 0 aliphatic rings. The molecule has 4 amide bonds. The Morgan fingerprint density at radius 1 is 1.12 bits per heavy atom. The first-order valence-corrected chi connectivity index (χ1v) is 9.53. The van der Waals surface area contributed by atoms with Gasteiger partial charge in [-0.25, -0.2) is 4.79 Å². The van der Waals surface area contributed by atoms with Crippen LogP contribution in [-0.2, 0) is 9.59 Å². The van der Waals surface area contributed by atoms with Crippen LogP contribution >= 0.6 is 27.3 Å². The highest BCUT2D eigenvalue weighted by molar-refractivity contribution is 9.10. The van der Waals surface area contributed by atoms with E-state index in [1.807, 2.05) is 29.6 Å². The number of nitrogens with one attached hydrogen (secondary N) is 3. The van der Waals surface area contributed by atoms with E-state index in [4.69, 9.17) is 5.73 Å².